The second-order valence-electron chi connectivity index (χ2n) is 6.25. The number of nitrogens with zero attached hydrogens (tertiary/aromatic N) is 3. The van der Waals surface area contributed by atoms with E-state index in [1.54, 1.807) is 13.1 Å². The Hall–Kier alpha value is -2.89. The average Bonchev–Trinajstić information content (AvgIpc) is 3.00. The van der Waals surface area contributed by atoms with Crippen LogP contribution in [0.5, 0.6) is 0 Å². The number of rotatable bonds is 2. The highest BCUT2D eigenvalue weighted by atomic mass is 16.1. The third-order valence-electron chi connectivity index (χ3n) is 4.56. The Morgan fingerprint density at radius 2 is 2.21 bits per heavy atom. The van der Waals surface area contributed by atoms with Crippen LogP contribution in [0.4, 0.5) is 0 Å². The number of aryl methyl sites for hydroxylation is 2. The lowest BCUT2D eigenvalue weighted by Crippen LogP contribution is -2.40. The maximum absolute atomic E-state index is 12.5. The summed E-state index contributed by atoms with van der Waals surface area (Å²) in [4.78, 5) is 24.3. The Morgan fingerprint density at radius 3 is 3.04 bits per heavy atom. The van der Waals surface area contributed by atoms with Gasteiger partial charge in [-0.2, -0.15) is 5.10 Å². The summed E-state index contributed by atoms with van der Waals surface area (Å²) >= 11 is 0. The summed E-state index contributed by atoms with van der Waals surface area (Å²) in [6, 6.07) is 9.39. The lowest BCUT2D eigenvalue weighted by Gasteiger charge is -2.24. The van der Waals surface area contributed by atoms with E-state index in [4.69, 9.17) is 0 Å². The first-order valence-corrected chi connectivity index (χ1v) is 8.04. The third kappa shape index (κ3) is 2.60. The van der Waals surface area contributed by atoms with Crippen LogP contribution >= 0.6 is 0 Å². The van der Waals surface area contributed by atoms with Crippen LogP contribution < -0.4 is 10.9 Å². The van der Waals surface area contributed by atoms with Crippen molar-refractivity contribution in [2.75, 3.05) is 0 Å². The summed E-state index contributed by atoms with van der Waals surface area (Å²) in [6.45, 7) is 0. The molecule has 0 saturated carbocycles. The molecule has 6 heteroatoms. The second kappa shape index (κ2) is 5.63. The SMILES string of the molecule is Cn1nc2c(cc1=O)C[C@@H](NC(=O)c1cc3ccccn3c1)CC2. The molecule has 1 aliphatic carbocycles. The molecule has 3 aromatic heterocycles. The molecule has 1 amide bonds. The number of carbonyl (C=O) groups excluding carboxylic acids is 1. The molecular formula is C18H18N4O2. The van der Waals surface area contributed by atoms with Gasteiger partial charge in [0.25, 0.3) is 11.5 Å². The molecule has 0 radical (unpaired) electrons. The number of hydrogen-bond acceptors (Lipinski definition) is 3. The van der Waals surface area contributed by atoms with Crippen molar-refractivity contribution in [3.8, 4) is 0 Å². The van der Waals surface area contributed by atoms with E-state index in [2.05, 4.69) is 10.4 Å². The van der Waals surface area contributed by atoms with Crippen molar-refractivity contribution in [3.63, 3.8) is 0 Å². The van der Waals surface area contributed by atoms with E-state index in [9.17, 15) is 9.59 Å². The molecule has 6 nitrogen and oxygen atoms in total. The normalized spacial score (nSPS) is 16.8. The van der Waals surface area contributed by atoms with Gasteiger partial charge >= 0.3 is 0 Å². The quantitative estimate of drug-likeness (QED) is 0.774. The van der Waals surface area contributed by atoms with Crippen molar-refractivity contribution in [3.05, 3.63) is 69.9 Å². The average molecular weight is 322 g/mol. The van der Waals surface area contributed by atoms with Gasteiger partial charge in [0.05, 0.1) is 11.3 Å². The highest BCUT2D eigenvalue weighted by Crippen LogP contribution is 2.18. The van der Waals surface area contributed by atoms with Crippen LogP contribution in [0.25, 0.3) is 5.52 Å². The fourth-order valence-electron chi connectivity index (χ4n) is 3.26. The number of carbonyl (C=O) groups is 1. The van der Waals surface area contributed by atoms with Gasteiger partial charge in [0.2, 0.25) is 0 Å². The molecule has 122 valence electrons. The number of pyridine rings is 1. The van der Waals surface area contributed by atoms with Gasteiger partial charge in [-0.3, -0.25) is 9.59 Å². The van der Waals surface area contributed by atoms with Crippen molar-refractivity contribution in [2.24, 2.45) is 7.05 Å². The van der Waals surface area contributed by atoms with Gasteiger partial charge in [0.15, 0.2) is 0 Å². The largest absolute Gasteiger partial charge is 0.349 e. The monoisotopic (exact) mass is 322 g/mol. The smallest absolute Gasteiger partial charge is 0.266 e. The molecule has 0 spiro atoms. The molecule has 3 aromatic rings. The van der Waals surface area contributed by atoms with Crippen molar-refractivity contribution in [2.45, 2.75) is 25.3 Å². The maximum Gasteiger partial charge on any atom is 0.266 e. The number of hydrogen-bond donors (Lipinski definition) is 1. The summed E-state index contributed by atoms with van der Waals surface area (Å²) in [5.41, 5.74) is 3.42. The highest BCUT2D eigenvalue weighted by molar-refractivity contribution is 5.95. The Balaban J connectivity index is 1.52. The van der Waals surface area contributed by atoms with Crippen molar-refractivity contribution in [1.82, 2.24) is 19.5 Å². The number of nitrogens with one attached hydrogen (secondary N) is 1. The zero-order chi connectivity index (χ0) is 16.7. The summed E-state index contributed by atoms with van der Waals surface area (Å²) in [5.74, 6) is -0.0797. The summed E-state index contributed by atoms with van der Waals surface area (Å²) in [7, 11) is 1.66. The molecule has 0 unspecified atom stereocenters. The second-order valence-corrected chi connectivity index (χ2v) is 6.25. The molecule has 0 aliphatic heterocycles. The van der Waals surface area contributed by atoms with Crippen LogP contribution in [0.3, 0.4) is 0 Å². The van der Waals surface area contributed by atoms with E-state index in [0.717, 1.165) is 29.6 Å². The molecule has 24 heavy (non-hydrogen) atoms. The molecule has 1 atom stereocenters. The predicted molar refractivity (Wildman–Crippen MR) is 90.2 cm³/mol. The van der Waals surface area contributed by atoms with Crippen LogP contribution in [-0.2, 0) is 19.9 Å². The van der Waals surface area contributed by atoms with E-state index < -0.39 is 0 Å². The van der Waals surface area contributed by atoms with Gasteiger partial charge in [0.1, 0.15) is 0 Å². The molecule has 1 N–H and O–H groups in total. The summed E-state index contributed by atoms with van der Waals surface area (Å²) in [6.07, 6.45) is 6.00. The highest BCUT2D eigenvalue weighted by Gasteiger charge is 2.23. The Morgan fingerprint density at radius 1 is 1.33 bits per heavy atom. The van der Waals surface area contributed by atoms with Crippen LogP contribution in [0.1, 0.15) is 28.0 Å². The van der Waals surface area contributed by atoms with E-state index in [0.29, 0.717) is 12.0 Å². The van der Waals surface area contributed by atoms with Crippen molar-refractivity contribution >= 4 is 11.4 Å². The zero-order valence-electron chi connectivity index (χ0n) is 13.4. The minimum Gasteiger partial charge on any atom is -0.349 e. The maximum atomic E-state index is 12.5. The first-order chi connectivity index (χ1) is 11.6. The lowest BCUT2D eigenvalue weighted by molar-refractivity contribution is 0.0933. The topological polar surface area (TPSA) is 68.4 Å². The molecule has 0 fully saturated rings. The van der Waals surface area contributed by atoms with E-state index in [-0.39, 0.29) is 17.5 Å². The summed E-state index contributed by atoms with van der Waals surface area (Å²) < 4.78 is 3.29. The first-order valence-electron chi connectivity index (χ1n) is 8.04. The van der Waals surface area contributed by atoms with E-state index >= 15 is 0 Å². The van der Waals surface area contributed by atoms with E-state index in [1.807, 2.05) is 41.1 Å². The van der Waals surface area contributed by atoms with Crippen LogP contribution in [-0.4, -0.2) is 26.1 Å². The summed E-state index contributed by atoms with van der Waals surface area (Å²) in [5, 5.41) is 7.38. The lowest BCUT2D eigenvalue weighted by atomic mass is 9.92. The predicted octanol–water partition coefficient (Wildman–Crippen LogP) is 1.32. The third-order valence-corrected chi connectivity index (χ3v) is 4.56. The van der Waals surface area contributed by atoms with Gasteiger partial charge in [0, 0.05) is 37.1 Å². The number of aromatic nitrogens is 3. The van der Waals surface area contributed by atoms with Crippen molar-refractivity contribution < 1.29 is 4.79 Å². The van der Waals surface area contributed by atoms with Crippen LogP contribution in [0, 0.1) is 0 Å². The Labute approximate surface area is 138 Å². The molecule has 1 aliphatic rings. The van der Waals surface area contributed by atoms with Crippen LogP contribution in [0.15, 0.2) is 47.5 Å². The minimum absolute atomic E-state index is 0.0296. The molecule has 0 aromatic carbocycles. The molecule has 3 heterocycles. The van der Waals surface area contributed by atoms with Crippen LogP contribution in [0.2, 0.25) is 0 Å². The molecule has 0 bridgehead atoms. The zero-order valence-corrected chi connectivity index (χ0v) is 13.4. The molecule has 4 rings (SSSR count). The van der Waals surface area contributed by atoms with Gasteiger partial charge in [-0.05, 0) is 43.0 Å². The minimum atomic E-state index is -0.112. The first kappa shape index (κ1) is 14.7. The standard InChI is InChI=1S/C18H18N4O2/c1-21-17(23)10-12-8-14(5-6-16(12)20-21)19-18(24)13-9-15-4-2-3-7-22(15)11-13/h2-4,7,9-11,14H,5-6,8H2,1H3,(H,19,24)/t14-/m0/s1. The molecule has 0 saturated heterocycles. The number of fused-ring (bicyclic) bond motifs is 2. The van der Waals surface area contributed by atoms with E-state index in [1.165, 1.54) is 4.68 Å². The van der Waals surface area contributed by atoms with Gasteiger partial charge < -0.3 is 9.72 Å². The Bertz CT molecular complexity index is 953. The Kier molecular flexibility index (Phi) is 3.45. The van der Waals surface area contributed by atoms with Gasteiger partial charge in [-0.25, -0.2) is 4.68 Å². The van der Waals surface area contributed by atoms with Gasteiger partial charge in [-0.15, -0.1) is 0 Å². The number of amides is 1. The van der Waals surface area contributed by atoms with Gasteiger partial charge in [-0.1, -0.05) is 6.07 Å². The van der Waals surface area contributed by atoms with Crippen molar-refractivity contribution in [1.29, 1.82) is 0 Å². The fraction of sp³-hybridized carbons (Fsp3) is 0.278. The molecular weight excluding hydrogens is 304 g/mol. The fourth-order valence-corrected chi connectivity index (χ4v) is 3.26.